The van der Waals surface area contributed by atoms with Crippen LogP contribution in [0.4, 0.5) is 0 Å². The molecule has 2 heteroatoms. The van der Waals surface area contributed by atoms with E-state index in [0.717, 1.165) is 24.8 Å². The Bertz CT molecular complexity index is 721. The lowest BCUT2D eigenvalue weighted by atomic mass is 9.72. The van der Waals surface area contributed by atoms with E-state index in [2.05, 4.69) is 81.5 Å². The van der Waals surface area contributed by atoms with E-state index >= 15 is 0 Å². The van der Waals surface area contributed by atoms with Gasteiger partial charge in [0.15, 0.2) is 0 Å². The number of ether oxygens (including phenoxy) is 1. The number of rotatable bonds is 7. The summed E-state index contributed by atoms with van der Waals surface area (Å²) in [6.07, 6.45) is 6.46. The molecule has 0 heterocycles. The minimum Gasteiger partial charge on any atom is -0.490 e. The van der Waals surface area contributed by atoms with Gasteiger partial charge in [-0.1, -0.05) is 58.0 Å². The van der Waals surface area contributed by atoms with Crippen LogP contribution in [0.25, 0.3) is 11.1 Å². The zero-order chi connectivity index (χ0) is 20.0. The first-order chi connectivity index (χ1) is 13.5. The Hall–Kier alpha value is -1.80. The predicted octanol–water partition coefficient (Wildman–Crippen LogP) is 6.84. The number of nitrogens with one attached hydrogen (secondary N) is 1. The Balaban J connectivity index is 1.56. The number of hydrogen-bond acceptors (Lipinski definition) is 2. The Morgan fingerprint density at radius 3 is 2.29 bits per heavy atom. The van der Waals surface area contributed by atoms with E-state index in [4.69, 9.17) is 4.74 Å². The average Bonchev–Trinajstić information content (AvgIpc) is 2.69. The van der Waals surface area contributed by atoms with Crippen molar-refractivity contribution in [2.45, 2.75) is 72.4 Å². The van der Waals surface area contributed by atoms with Gasteiger partial charge in [0.05, 0.1) is 6.10 Å². The summed E-state index contributed by atoms with van der Waals surface area (Å²) in [7, 11) is 0. The van der Waals surface area contributed by atoms with Crippen LogP contribution < -0.4 is 10.1 Å². The quantitative estimate of drug-likeness (QED) is 0.532. The first kappa shape index (κ1) is 20.9. The first-order valence-electron chi connectivity index (χ1n) is 11.0. The predicted molar refractivity (Wildman–Crippen MR) is 120 cm³/mol. The maximum absolute atomic E-state index is 6.29. The highest BCUT2D eigenvalue weighted by Gasteiger charge is 2.30. The third-order valence-electron chi connectivity index (χ3n) is 6.07. The van der Waals surface area contributed by atoms with E-state index in [1.807, 2.05) is 0 Å². The van der Waals surface area contributed by atoms with Crippen LogP contribution in [0.1, 0.15) is 65.4 Å². The summed E-state index contributed by atoms with van der Waals surface area (Å²) in [5.74, 6) is 1.83. The van der Waals surface area contributed by atoms with Crippen LogP contribution in [0.15, 0.2) is 48.5 Å². The molecular weight excluding hydrogens is 342 g/mol. The summed E-state index contributed by atoms with van der Waals surface area (Å²) >= 11 is 0. The number of benzene rings is 2. The van der Waals surface area contributed by atoms with Gasteiger partial charge in [-0.2, -0.15) is 0 Å². The van der Waals surface area contributed by atoms with E-state index in [1.165, 1.54) is 48.8 Å². The smallest absolute Gasteiger partial charge is 0.119 e. The molecule has 0 spiro atoms. The van der Waals surface area contributed by atoms with Gasteiger partial charge in [-0.15, -0.1) is 0 Å². The summed E-state index contributed by atoms with van der Waals surface area (Å²) in [6.45, 7) is 11.3. The van der Waals surface area contributed by atoms with E-state index in [0.29, 0.717) is 11.5 Å². The van der Waals surface area contributed by atoms with E-state index in [-0.39, 0.29) is 0 Å². The van der Waals surface area contributed by atoms with Gasteiger partial charge in [0.25, 0.3) is 0 Å². The molecule has 1 fully saturated rings. The Morgan fingerprint density at radius 1 is 0.929 bits per heavy atom. The molecule has 0 aromatic heterocycles. The average molecular weight is 380 g/mol. The second kappa shape index (κ2) is 9.60. The van der Waals surface area contributed by atoms with Crippen LogP contribution >= 0.6 is 0 Å². The molecule has 1 aliphatic rings. The molecule has 0 aliphatic heterocycles. The van der Waals surface area contributed by atoms with Gasteiger partial charge in [0.1, 0.15) is 5.75 Å². The van der Waals surface area contributed by atoms with Gasteiger partial charge in [0.2, 0.25) is 0 Å². The molecule has 0 atom stereocenters. The summed E-state index contributed by atoms with van der Waals surface area (Å²) in [4.78, 5) is 0. The fraction of sp³-hybridized carbons (Fsp3) is 0.538. The van der Waals surface area contributed by atoms with Gasteiger partial charge < -0.3 is 10.1 Å². The van der Waals surface area contributed by atoms with Crippen LogP contribution in [-0.4, -0.2) is 12.6 Å². The van der Waals surface area contributed by atoms with Crippen molar-refractivity contribution in [1.82, 2.24) is 5.32 Å². The summed E-state index contributed by atoms with van der Waals surface area (Å²) < 4.78 is 6.29. The summed E-state index contributed by atoms with van der Waals surface area (Å²) in [6, 6.07) is 17.5. The fourth-order valence-electron chi connectivity index (χ4n) is 4.24. The molecule has 152 valence electrons. The van der Waals surface area contributed by atoms with Crippen molar-refractivity contribution in [3.05, 3.63) is 54.1 Å². The topological polar surface area (TPSA) is 21.3 Å². The molecule has 2 nitrogen and oxygen atoms in total. The molecular formula is C26H37NO. The Labute approximate surface area is 171 Å². The SMILES string of the molecule is CCCNCc1cccc(-c2ccc(OC3CCC(C(C)(C)C)CC3)cc2)c1. The molecule has 2 aromatic rings. The minimum absolute atomic E-state index is 0.373. The van der Waals surface area contributed by atoms with Gasteiger partial charge in [0, 0.05) is 6.54 Å². The normalized spacial score (nSPS) is 20.1. The third kappa shape index (κ3) is 5.85. The number of hydrogen-bond donors (Lipinski definition) is 1. The van der Waals surface area contributed by atoms with Crippen molar-refractivity contribution in [3.63, 3.8) is 0 Å². The van der Waals surface area contributed by atoms with Gasteiger partial charge in [-0.05, 0) is 84.9 Å². The van der Waals surface area contributed by atoms with E-state index < -0.39 is 0 Å². The molecule has 0 radical (unpaired) electrons. The lowest BCUT2D eigenvalue weighted by Gasteiger charge is -2.36. The molecule has 0 amide bonds. The largest absolute Gasteiger partial charge is 0.490 e. The lowest BCUT2D eigenvalue weighted by molar-refractivity contribution is 0.0882. The zero-order valence-corrected chi connectivity index (χ0v) is 18.1. The summed E-state index contributed by atoms with van der Waals surface area (Å²) in [5, 5.41) is 3.48. The van der Waals surface area contributed by atoms with Crippen molar-refractivity contribution < 1.29 is 4.74 Å². The van der Waals surface area contributed by atoms with Crippen molar-refractivity contribution in [3.8, 4) is 16.9 Å². The highest BCUT2D eigenvalue weighted by molar-refractivity contribution is 5.64. The van der Waals surface area contributed by atoms with Crippen LogP contribution in [0.2, 0.25) is 0 Å². The van der Waals surface area contributed by atoms with Gasteiger partial charge in [-0.3, -0.25) is 0 Å². The maximum atomic E-state index is 6.29. The molecule has 0 bridgehead atoms. The lowest BCUT2D eigenvalue weighted by Crippen LogP contribution is -2.30. The van der Waals surface area contributed by atoms with Crippen molar-refractivity contribution in [1.29, 1.82) is 0 Å². The van der Waals surface area contributed by atoms with Crippen molar-refractivity contribution in [2.75, 3.05) is 6.54 Å². The Kier molecular flexibility index (Phi) is 7.18. The van der Waals surface area contributed by atoms with Gasteiger partial charge >= 0.3 is 0 Å². The maximum Gasteiger partial charge on any atom is 0.119 e. The van der Waals surface area contributed by atoms with E-state index in [1.54, 1.807) is 0 Å². The molecule has 1 N–H and O–H groups in total. The van der Waals surface area contributed by atoms with E-state index in [9.17, 15) is 0 Å². The minimum atomic E-state index is 0.373. The third-order valence-corrected chi connectivity index (χ3v) is 6.07. The second-order valence-corrected chi connectivity index (χ2v) is 9.36. The molecule has 1 aliphatic carbocycles. The van der Waals surface area contributed by atoms with Gasteiger partial charge in [-0.25, -0.2) is 0 Å². The molecule has 28 heavy (non-hydrogen) atoms. The fourth-order valence-corrected chi connectivity index (χ4v) is 4.24. The van der Waals surface area contributed by atoms with Crippen LogP contribution in [0.3, 0.4) is 0 Å². The van der Waals surface area contributed by atoms with Crippen LogP contribution in [0.5, 0.6) is 5.75 Å². The molecule has 2 aromatic carbocycles. The Morgan fingerprint density at radius 2 is 1.64 bits per heavy atom. The first-order valence-corrected chi connectivity index (χ1v) is 11.0. The van der Waals surface area contributed by atoms with Crippen molar-refractivity contribution in [2.24, 2.45) is 11.3 Å². The standard InChI is InChI=1S/C26H37NO/c1-5-17-27-19-20-7-6-8-22(18-20)21-9-13-24(14-10-21)28-25-15-11-23(12-16-25)26(2,3)4/h6-10,13-14,18,23,25,27H,5,11-12,15-17,19H2,1-4H3. The van der Waals surface area contributed by atoms with Crippen LogP contribution in [-0.2, 0) is 6.54 Å². The summed E-state index contributed by atoms with van der Waals surface area (Å²) in [5.41, 5.74) is 4.28. The second-order valence-electron chi connectivity index (χ2n) is 9.36. The van der Waals surface area contributed by atoms with Crippen LogP contribution in [0, 0.1) is 11.3 Å². The zero-order valence-electron chi connectivity index (χ0n) is 18.1. The highest BCUT2D eigenvalue weighted by atomic mass is 16.5. The van der Waals surface area contributed by atoms with Crippen molar-refractivity contribution >= 4 is 0 Å². The molecule has 0 unspecified atom stereocenters. The molecule has 0 saturated heterocycles. The highest BCUT2D eigenvalue weighted by Crippen LogP contribution is 2.38. The molecule has 1 saturated carbocycles. The monoisotopic (exact) mass is 379 g/mol. The molecule has 3 rings (SSSR count).